The van der Waals surface area contributed by atoms with Gasteiger partial charge in [0.2, 0.25) is 5.88 Å². The number of likely N-dealkylation sites (N-methyl/N-ethyl adjacent to an activating group) is 2. The fourth-order valence-corrected chi connectivity index (χ4v) is 7.53. The zero-order valence-electron chi connectivity index (χ0n) is 24.5. The highest BCUT2D eigenvalue weighted by Crippen LogP contribution is 2.46. The summed E-state index contributed by atoms with van der Waals surface area (Å²) < 4.78 is 26.0. The molecule has 6 rings (SSSR count). The lowest BCUT2D eigenvalue weighted by Gasteiger charge is -2.54. The highest BCUT2D eigenvalue weighted by Gasteiger charge is 2.48. The number of aromatic nitrogens is 2. The third-order valence-corrected chi connectivity index (χ3v) is 10.3. The Morgan fingerprint density at radius 3 is 2.66 bits per heavy atom. The van der Waals surface area contributed by atoms with Crippen molar-refractivity contribution in [2.75, 3.05) is 58.4 Å². The van der Waals surface area contributed by atoms with Gasteiger partial charge in [0.1, 0.15) is 23.9 Å². The molecule has 0 amide bonds. The summed E-state index contributed by atoms with van der Waals surface area (Å²) in [5.74, 6) is 1.01. The van der Waals surface area contributed by atoms with Crippen molar-refractivity contribution in [3.8, 4) is 5.88 Å². The normalized spacial score (nSPS) is 32.8. The van der Waals surface area contributed by atoms with Gasteiger partial charge in [0.05, 0.1) is 29.9 Å². The van der Waals surface area contributed by atoms with Crippen LogP contribution in [0.15, 0.2) is 11.6 Å². The molecule has 0 radical (unpaired) electrons. The molecular formula is C30H43FN6O4. The molecule has 11 heteroatoms. The number of aliphatic hydroxyl groups is 1. The first kappa shape index (κ1) is 28.5. The van der Waals surface area contributed by atoms with E-state index in [-0.39, 0.29) is 40.8 Å². The van der Waals surface area contributed by atoms with Gasteiger partial charge in [-0.2, -0.15) is 4.98 Å². The highest BCUT2D eigenvalue weighted by molar-refractivity contribution is 6.18. The second kappa shape index (κ2) is 10.9. The fraction of sp³-hybridized carbons (Fsp3) is 0.733. The van der Waals surface area contributed by atoms with Crippen LogP contribution >= 0.6 is 0 Å². The van der Waals surface area contributed by atoms with Crippen LogP contribution in [-0.4, -0.2) is 114 Å². The van der Waals surface area contributed by atoms with Crippen LogP contribution in [0.2, 0.25) is 0 Å². The summed E-state index contributed by atoms with van der Waals surface area (Å²) >= 11 is 0. The zero-order chi connectivity index (χ0) is 28.9. The lowest BCUT2D eigenvalue weighted by molar-refractivity contribution is -0.134. The van der Waals surface area contributed by atoms with Gasteiger partial charge >= 0.3 is 0 Å². The van der Waals surface area contributed by atoms with Gasteiger partial charge in [-0.25, -0.2) is 9.37 Å². The number of aliphatic hydroxyl groups excluding tert-OH is 1. The Bertz CT molecular complexity index is 1230. The van der Waals surface area contributed by atoms with Crippen LogP contribution in [0.25, 0.3) is 5.76 Å². The molecule has 2 saturated carbocycles. The molecule has 0 bridgehead atoms. The first-order valence-electron chi connectivity index (χ1n) is 15.1. The molecule has 41 heavy (non-hydrogen) atoms. The van der Waals surface area contributed by atoms with Gasteiger partial charge in [-0.15, -0.1) is 0 Å². The van der Waals surface area contributed by atoms with Crippen molar-refractivity contribution in [3.05, 3.63) is 17.5 Å². The van der Waals surface area contributed by atoms with E-state index in [9.17, 15) is 14.3 Å². The second-order valence-corrected chi connectivity index (χ2v) is 12.9. The molecule has 4 atom stereocenters. The lowest BCUT2D eigenvalue weighted by Crippen LogP contribution is -2.70. The third kappa shape index (κ3) is 5.03. The summed E-state index contributed by atoms with van der Waals surface area (Å²) in [5.41, 5.74) is -0.210. The van der Waals surface area contributed by atoms with Crippen LogP contribution in [0.5, 0.6) is 5.88 Å². The molecule has 4 heterocycles. The predicted molar refractivity (Wildman–Crippen MR) is 153 cm³/mol. The molecule has 3 saturated heterocycles. The average molecular weight is 571 g/mol. The van der Waals surface area contributed by atoms with E-state index in [4.69, 9.17) is 19.9 Å². The molecule has 5 fully saturated rings. The summed E-state index contributed by atoms with van der Waals surface area (Å²) in [4.78, 5) is 29.0. The van der Waals surface area contributed by atoms with Crippen LogP contribution in [0.1, 0.15) is 64.1 Å². The second-order valence-electron chi connectivity index (χ2n) is 12.9. The van der Waals surface area contributed by atoms with E-state index < -0.39 is 11.6 Å². The van der Waals surface area contributed by atoms with E-state index in [2.05, 4.69) is 21.8 Å². The minimum absolute atomic E-state index is 0.0832. The molecule has 5 aliphatic rings. The Hall–Kier alpha value is -2.63. The van der Waals surface area contributed by atoms with E-state index in [0.717, 1.165) is 32.4 Å². The number of piperazine rings is 1. The summed E-state index contributed by atoms with van der Waals surface area (Å²) in [7, 11) is 4.02. The Labute approximate surface area is 241 Å². The molecule has 0 aromatic carbocycles. The Balaban J connectivity index is 1.35. The number of nitrogens with zero attached hydrogens (tertiary/aromatic N) is 5. The molecule has 3 aliphatic heterocycles. The van der Waals surface area contributed by atoms with Gasteiger partial charge in [-0.3, -0.25) is 14.6 Å². The number of carbonyl (C=O) groups excluding carboxylic acids is 1. The van der Waals surface area contributed by atoms with E-state index >= 15 is 0 Å². The van der Waals surface area contributed by atoms with Gasteiger partial charge in [0, 0.05) is 50.3 Å². The number of rotatable bonds is 5. The number of anilines is 1. The Morgan fingerprint density at radius 1 is 1.20 bits per heavy atom. The number of hydrogen-bond acceptors (Lipinski definition) is 10. The summed E-state index contributed by atoms with van der Waals surface area (Å²) in [6, 6.07) is 1.71. The molecule has 1 aromatic heterocycles. The molecule has 2 N–H and O–H groups in total. The van der Waals surface area contributed by atoms with Crippen molar-refractivity contribution >= 4 is 23.1 Å². The molecule has 2 spiro atoms. The molecule has 0 unspecified atom stereocenters. The van der Waals surface area contributed by atoms with E-state index in [1.165, 1.54) is 0 Å². The van der Waals surface area contributed by atoms with Crippen LogP contribution in [0.4, 0.5) is 10.2 Å². The Morgan fingerprint density at radius 2 is 1.98 bits per heavy atom. The number of ether oxygens (including phenoxy) is 2. The van der Waals surface area contributed by atoms with Crippen molar-refractivity contribution in [1.29, 1.82) is 5.41 Å². The van der Waals surface area contributed by atoms with Crippen molar-refractivity contribution in [1.82, 2.24) is 19.8 Å². The summed E-state index contributed by atoms with van der Waals surface area (Å²) in [6.07, 6.45) is 3.98. The first-order chi connectivity index (χ1) is 19.6. The largest absolute Gasteiger partial charge is 0.504 e. The number of carbonyl (C=O) groups is 1. The van der Waals surface area contributed by atoms with Gasteiger partial charge in [-0.1, -0.05) is 6.42 Å². The SMILES string of the molecule is C[C@H](Oc1cc(N2CCN(C)C3(COC3)C2)nc(/C(O)=C2\CCC[C@@]3(CCCCC3=O)C2=N)n1)[C@@H]1C[C@@H](F)CN1C. The lowest BCUT2D eigenvalue weighted by atomic mass is 9.62. The topological polar surface area (TPSA) is 115 Å². The summed E-state index contributed by atoms with van der Waals surface area (Å²) in [5, 5.41) is 20.7. The van der Waals surface area contributed by atoms with Gasteiger partial charge in [0.25, 0.3) is 0 Å². The quantitative estimate of drug-likeness (QED) is 0.514. The highest BCUT2D eigenvalue weighted by atomic mass is 19.1. The Kier molecular flexibility index (Phi) is 7.57. The van der Waals surface area contributed by atoms with Crippen molar-refractivity contribution < 1.29 is 23.8 Å². The minimum Gasteiger partial charge on any atom is -0.504 e. The smallest absolute Gasteiger partial charge is 0.219 e. The van der Waals surface area contributed by atoms with E-state index in [0.29, 0.717) is 75.7 Å². The van der Waals surface area contributed by atoms with E-state index in [1.807, 2.05) is 18.9 Å². The number of likely N-dealkylation sites (tertiary alicyclic amines) is 1. The van der Waals surface area contributed by atoms with Crippen molar-refractivity contribution in [3.63, 3.8) is 0 Å². The van der Waals surface area contributed by atoms with Crippen LogP contribution in [0.3, 0.4) is 0 Å². The van der Waals surface area contributed by atoms with Crippen LogP contribution in [-0.2, 0) is 9.53 Å². The van der Waals surface area contributed by atoms with Crippen LogP contribution in [0, 0.1) is 10.8 Å². The number of Topliss-reactive ketones (excluding diaryl/α,β-unsaturated/α-hetero) is 1. The summed E-state index contributed by atoms with van der Waals surface area (Å²) in [6.45, 7) is 5.89. The number of allylic oxidation sites excluding steroid dienone is 1. The standard InChI is InChI=1S/C30H43FN6O4/c1-19(22-13-20(31)15-35(22)2)41-25-14-24(37-12-11-36(3)29(16-37)17-40-18-29)33-28(34-25)26(39)21-7-6-10-30(27(21)32)9-5-4-8-23(30)38/h14,19-20,22,32,39H,4-13,15-18H2,1-3H3/b26-21-,32-27?/t19-,20+,22-,30+/m0/s1. The van der Waals surface area contributed by atoms with Crippen molar-refractivity contribution in [2.45, 2.75) is 82.1 Å². The van der Waals surface area contributed by atoms with E-state index in [1.54, 1.807) is 6.07 Å². The molecule has 224 valence electrons. The van der Waals surface area contributed by atoms with Gasteiger partial charge in [0.15, 0.2) is 11.6 Å². The number of hydrogen-bond donors (Lipinski definition) is 2. The van der Waals surface area contributed by atoms with Gasteiger partial charge < -0.3 is 24.9 Å². The zero-order valence-corrected chi connectivity index (χ0v) is 24.5. The maximum atomic E-state index is 14.1. The first-order valence-corrected chi connectivity index (χ1v) is 15.1. The number of halogens is 1. The molecule has 10 nitrogen and oxygen atoms in total. The maximum Gasteiger partial charge on any atom is 0.219 e. The van der Waals surface area contributed by atoms with Crippen LogP contribution < -0.4 is 9.64 Å². The monoisotopic (exact) mass is 570 g/mol. The van der Waals surface area contributed by atoms with Gasteiger partial charge in [-0.05, 0) is 59.5 Å². The maximum absolute atomic E-state index is 14.1. The fourth-order valence-electron chi connectivity index (χ4n) is 7.53. The predicted octanol–water partition coefficient (Wildman–Crippen LogP) is 3.41. The number of nitrogens with one attached hydrogen (secondary N) is 1. The average Bonchev–Trinajstić information content (AvgIpc) is 3.28. The molecule has 1 aromatic rings. The number of ketones is 1. The number of alkyl halides is 1. The molecular weight excluding hydrogens is 527 g/mol. The molecule has 2 aliphatic carbocycles. The third-order valence-electron chi connectivity index (χ3n) is 10.3. The minimum atomic E-state index is -0.889. The van der Waals surface area contributed by atoms with Crippen molar-refractivity contribution in [2.24, 2.45) is 5.41 Å².